The highest BCUT2D eigenvalue weighted by Gasteiger charge is 2.48. The summed E-state index contributed by atoms with van der Waals surface area (Å²) >= 11 is 0. The van der Waals surface area contributed by atoms with E-state index < -0.39 is 37.0 Å². The first-order valence-corrected chi connectivity index (χ1v) is 8.23. The third kappa shape index (κ3) is 3.78. The topological polar surface area (TPSA) is 97.6 Å². The van der Waals surface area contributed by atoms with E-state index in [2.05, 4.69) is 0 Å². The largest absolute Gasteiger partial charge is 0.387 e. The molecule has 3 rings (SSSR count). The molecule has 24 heavy (non-hydrogen) atoms. The van der Waals surface area contributed by atoms with Crippen LogP contribution in [-0.2, 0) is 25.4 Å². The molecular weight excluding hydrogens is 316 g/mol. The normalized spacial score (nSPS) is 36.3. The molecule has 3 N–H and O–H groups in total. The number of hydrogen-bond donors (Lipinski definition) is 3. The van der Waals surface area contributed by atoms with Gasteiger partial charge in [-0.25, -0.2) is 0 Å². The number of fused-ring (bicyclic) bond motifs is 1. The predicted octanol–water partition coefficient (Wildman–Crippen LogP) is 0.119. The van der Waals surface area contributed by atoms with Crippen molar-refractivity contribution in [3.63, 3.8) is 0 Å². The maximum absolute atomic E-state index is 10.1. The van der Waals surface area contributed by atoms with Gasteiger partial charge < -0.3 is 34.3 Å². The van der Waals surface area contributed by atoms with Crippen molar-refractivity contribution in [2.75, 3.05) is 19.8 Å². The molecule has 2 heterocycles. The van der Waals surface area contributed by atoms with E-state index in [-0.39, 0.29) is 6.61 Å². The smallest absolute Gasteiger partial charge is 0.184 e. The van der Waals surface area contributed by atoms with Crippen molar-refractivity contribution in [3.8, 4) is 0 Å². The Morgan fingerprint density at radius 2 is 1.83 bits per heavy atom. The van der Waals surface area contributed by atoms with Crippen molar-refractivity contribution in [2.45, 2.75) is 50.3 Å². The Morgan fingerprint density at radius 1 is 1.08 bits per heavy atom. The minimum Gasteiger partial charge on any atom is -0.387 e. The first-order valence-electron chi connectivity index (χ1n) is 8.23. The van der Waals surface area contributed by atoms with Crippen LogP contribution in [0.5, 0.6) is 0 Å². The van der Waals surface area contributed by atoms with Gasteiger partial charge in [0.1, 0.15) is 24.4 Å². The highest BCUT2D eigenvalue weighted by molar-refractivity contribution is 5.24. The van der Waals surface area contributed by atoms with Crippen LogP contribution in [0.25, 0.3) is 0 Å². The van der Waals surface area contributed by atoms with Crippen LogP contribution in [-0.4, -0.2) is 65.8 Å². The molecule has 134 valence electrons. The van der Waals surface area contributed by atoms with Crippen molar-refractivity contribution < 1.29 is 34.3 Å². The number of aliphatic hydroxyl groups excluding tert-OH is 3. The van der Waals surface area contributed by atoms with Crippen molar-refractivity contribution in [2.24, 2.45) is 0 Å². The quantitative estimate of drug-likeness (QED) is 0.655. The second-order valence-electron chi connectivity index (χ2n) is 6.00. The molecular formula is C17H24O7. The Bertz CT molecular complexity index is 518. The lowest BCUT2D eigenvalue weighted by atomic mass is 9.98. The van der Waals surface area contributed by atoms with Gasteiger partial charge in [0.15, 0.2) is 12.6 Å². The molecule has 0 aromatic heterocycles. The number of aliphatic hydroxyl groups is 3. The van der Waals surface area contributed by atoms with Crippen LogP contribution >= 0.6 is 0 Å². The highest BCUT2D eigenvalue weighted by atomic mass is 16.7. The number of hydrogen-bond acceptors (Lipinski definition) is 7. The number of rotatable bonds is 5. The lowest BCUT2D eigenvalue weighted by molar-refractivity contribution is -0.354. The molecule has 0 saturated carbocycles. The van der Waals surface area contributed by atoms with Gasteiger partial charge in [-0.3, -0.25) is 0 Å². The van der Waals surface area contributed by atoms with Crippen molar-refractivity contribution in [3.05, 3.63) is 35.4 Å². The zero-order valence-electron chi connectivity index (χ0n) is 13.6. The van der Waals surface area contributed by atoms with Gasteiger partial charge in [0.25, 0.3) is 0 Å². The van der Waals surface area contributed by atoms with E-state index in [1.807, 2.05) is 31.2 Å². The minimum absolute atomic E-state index is 0.169. The number of benzene rings is 1. The van der Waals surface area contributed by atoms with Gasteiger partial charge >= 0.3 is 0 Å². The lowest BCUT2D eigenvalue weighted by Crippen LogP contribution is -2.61. The maximum atomic E-state index is 10.1. The first-order chi connectivity index (χ1) is 11.6. The highest BCUT2D eigenvalue weighted by Crippen LogP contribution is 2.33. The molecule has 7 heteroatoms. The Morgan fingerprint density at radius 3 is 2.54 bits per heavy atom. The molecule has 1 aromatic rings. The molecule has 2 aliphatic rings. The third-order valence-corrected chi connectivity index (χ3v) is 4.34. The Balaban J connectivity index is 1.62. The van der Waals surface area contributed by atoms with Crippen LogP contribution in [0.1, 0.15) is 24.3 Å². The zero-order valence-corrected chi connectivity index (χ0v) is 13.6. The second kappa shape index (κ2) is 7.88. The SMILES string of the molecule is CCOCCc1ccc(C2OCC3OC(O)C(O)C(O)C3O2)cc1. The molecule has 0 radical (unpaired) electrons. The van der Waals surface area contributed by atoms with Gasteiger partial charge in [-0.1, -0.05) is 24.3 Å². The van der Waals surface area contributed by atoms with Crippen LogP contribution in [0.3, 0.4) is 0 Å². The third-order valence-electron chi connectivity index (χ3n) is 4.34. The van der Waals surface area contributed by atoms with Gasteiger partial charge in [0.2, 0.25) is 0 Å². The first kappa shape index (κ1) is 17.8. The van der Waals surface area contributed by atoms with E-state index in [9.17, 15) is 15.3 Å². The fraction of sp³-hybridized carbons (Fsp3) is 0.647. The fourth-order valence-electron chi connectivity index (χ4n) is 2.94. The summed E-state index contributed by atoms with van der Waals surface area (Å²) in [5.74, 6) is 0. The Hall–Kier alpha value is -1.06. The minimum atomic E-state index is -1.44. The molecule has 0 spiro atoms. The van der Waals surface area contributed by atoms with Crippen molar-refractivity contribution >= 4 is 0 Å². The summed E-state index contributed by atoms with van der Waals surface area (Å²) in [6.45, 7) is 3.52. The molecule has 0 bridgehead atoms. The van der Waals surface area contributed by atoms with Gasteiger partial charge in [-0.05, 0) is 18.9 Å². The van der Waals surface area contributed by atoms with Gasteiger partial charge in [-0.15, -0.1) is 0 Å². The molecule has 2 fully saturated rings. The average molecular weight is 340 g/mol. The van der Waals surface area contributed by atoms with Crippen LogP contribution < -0.4 is 0 Å². The average Bonchev–Trinajstić information content (AvgIpc) is 2.60. The van der Waals surface area contributed by atoms with Gasteiger partial charge in [0, 0.05) is 12.2 Å². The van der Waals surface area contributed by atoms with Crippen LogP contribution in [0.15, 0.2) is 24.3 Å². The molecule has 6 unspecified atom stereocenters. The summed E-state index contributed by atoms with van der Waals surface area (Å²) < 4.78 is 21.9. The summed E-state index contributed by atoms with van der Waals surface area (Å²) in [5, 5.41) is 29.3. The second-order valence-corrected chi connectivity index (χ2v) is 6.00. The Kier molecular flexibility index (Phi) is 5.83. The van der Waals surface area contributed by atoms with Crippen LogP contribution in [0.4, 0.5) is 0 Å². The summed E-state index contributed by atoms with van der Waals surface area (Å²) in [6, 6.07) is 7.79. The molecule has 6 atom stereocenters. The molecule has 2 saturated heterocycles. The van der Waals surface area contributed by atoms with Gasteiger partial charge in [-0.2, -0.15) is 0 Å². The predicted molar refractivity (Wildman–Crippen MR) is 83.1 cm³/mol. The standard InChI is InChI=1S/C17H24O7/c1-2-21-8-7-10-3-5-11(6-4-10)17-22-9-12-15(24-17)13(18)14(19)16(20)23-12/h3-6,12-20H,2,7-9H2,1H3. The van der Waals surface area contributed by atoms with Crippen LogP contribution in [0.2, 0.25) is 0 Å². The molecule has 2 aliphatic heterocycles. The molecule has 7 nitrogen and oxygen atoms in total. The molecule has 0 amide bonds. The van der Waals surface area contributed by atoms with E-state index in [1.54, 1.807) is 0 Å². The lowest BCUT2D eigenvalue weighted by Gasteiger charge is -2.45. The summed E-state index contributed by atoms with van der Waals surface area (Å²) in [5.41, 5.74) is 1.97. The summed E-state index contributed by atoms with van der Waals surface area (Å²) in [6.07, 6.45) is -5.23. The summed E-state index contributed by atoms with van der Waals surface area (Å²) in [4.78, 5) is 0. The monoisotopic (exact) mass is 340 g/mol. The number of ether oxygens (including phenoxy) is 4. The van der Waals surface area contributed by atoms with E-state index in [0.717, 1.165) is 17.5 Å². The van der Waals surface area contributed by atoms with Crippen molar-refractivity contribution in [1.29, 1.82) is 0 Å². The van der Waals surface area contributed by atoms with Crippen molar-refractivity contribution in [1.82, 2.24) is 0 Å². The molecule has 1 aromatic carbocycles. The van der Waals surface area contributed by atoms with E-state index in [4.69, 9.17) is 18.9 Å². The fourth-order valence-corrected chi connectivity index (χ4v) is 2.94. The Labute approximate surface area is 140 Å². The zero-order chi connectivity index (χ0) is 17.1. The van der Waals surface area contributed by atoms with Gasteiger partial charge in [0.05, 0.1) is 13.2 Å². The maximum Gasteiger partial charge on any atom is 0.184 e. The van der Waals surface area contributed by atoms with E-state index >= 15 is 0 Å². The molecule has 0 aliphatic carbocycles. The summed E-state index contributed by atoms with van der Waals surface area (Å²) in [7, 11) is 0. The van der Waals surface area contributed by atoms with E-state index in [0.29, 0.717) is 13.2 Å². The van der Waals surface area contributed by atoms with E-state index in [1.165, 1.54) is 0 Å². The van der Waals surface area contributed by atoms with Crippen LogP contribution in [0, 0.1) is 0 Å².